The molecule has 1 atom stereocenters. The summed E-state index contributed by atoms with van der Waals surface area (Å²) in [5.74, 6) is 0.0569. The molecule has 39 heavy (non-hydrogen) atoms. The van der Waals surface area contributed by atoms with E-state index in [4.69, 9.17) is 10.00 Å². The molecule has 9 heteroatoms. The molecule has 0 radical (unpaired) electrons. The lowest BCUT2D eigenvalue weighted by molar-refractivity contribution is -0.123. The molecule has 3 rings (SSSR count). The fourth-order valence-corrected chi connectivity index (χ4v) is 4.54. The number of fused-ring (bicyclic) bond motifs is 1. The Balaban J connectivity index is 1.61. The van der Waals surface area contributed by atoms with Crippen LogP contribution >= 0.6 is 0 Å². The molecule has 0 fully saturated rings. The lowest BCUT2D eigenvalue weighted by Crippen LogP contribution is -2.52. The largest absolute Gasteiger partial charge is 0.443 e. The summed E-state index contributed by atoms with van der Waals surface area (Å²) in [6.07, 6.45) is 6.54. The lowest BCUT2D eigenvalue weighted by Gasteiger charge is -2.29. The van der Waals surface area contributed by atoms with Crippen molar-refractivity contribution in [3.05, 3.63) is 42.1 Å². The topological polar surface area (TPSA) is 116 Å². The first-order valence-corrected chi connectivity index (χ1v) is 13.7. The second-order valence-electron chi connectivity index (χ2n) is 11.4. The third-order valence-corrected chi connectivity index (χ3v) is 6.48. The monoisotopic (exact) mass is 535 g/mol. The van der Waals surface area contributed by atoms with Gasteiger partial charge < -0.3 is 20.3 Å². The van der Waals surface area contributed by atoms with Crippen LogP contribution in [0, 0.1) is 17.2 Å². The average molecular weight is 536 g/mol. The van der Waals surface area contributed by atoms with Crippen molar-refractivity contribution in [3.8, 4) is 6.07 Å². The number of unbranched alkanes of at least 4 members (excludes halogenated alkanes) is 2. The van der Waals surface area contributed by atoms with Gasteiger partial charge in [0.2, 0.25) is 5.91 Å². The third-order valence-electron chi connectivity index (χ3n) is 6.48. The Bertz CT molecular complexity index is 1250. The number of carbonyl (C=O) groups excluding carboxylic acids is 3. The van der Waals surface area contributed by atoms with E-state index in [1.165, 1.54) is 4.57 Å². The minimum atomic E-state index is -0.602. The lowest BCUT2D eigenvalue weighted by atomic mass is 9.98. The second kappa shape index (κ2) is 13.3. The van der Waals surface area contributed by atoms with Crippen molar-refractivity contribution >= 4 is 34.5 Å². The molecule has 0 aliphatic carbocycles. The van der Waals surface area contributed by atoms with E-state index in [2.05, 4.69) is 22.8 Å². The van der Waals surface area contributed by atoms with Gasteiger partial charge in [0.15, 0.2) is 0 Å². The fourth-order valence-electron chi connectivity index (χ4n) is 4.54. The number of nitriles is 1. The van der Waals surface area contributed by atoms with Crippen LogP contribution < -0.4 is 10.6 Å². The average Bonchev–Trinajstić information content (AvgIpc) is 3.30. The maximum Gasteiger partial charge on any atom is 0.418 e. The zero-order valence-electron chi connectivity index (χ0n) is 23.8. The summed E-state index contributed by atoms with van der Waals surface area (Å²) in [4.78, 5) is 40.0. The maximum atomic E-state index is 13.0. The molecule has 1 aromatic heterocycles. The van der Waals surface area contributed by atoms with E-state index in [0.29, 0.717) is 38.9 Å². The molecule has 0 spiro atoms. The van der Waals surface area contributed by atoms with Gasteiger partial charge in [-0.25, -0.2) is 9.59 Å². The number of nitrogens with one attached hydrogen (secondary N) is 2. The number of aromatic nitrogens is 1. The smallest absolute Gasteiger partial charge is 0.418 e. The minimum Gasteiger partial charge on any atom is -0.443 e. The highest BCUT2D eigenvalue weighted by Crippen LogP contribution is 2.27. The Hall–Kier alpha value is -3.80. The standard InChI is InChI=1S/C30H41N5O4/c1-21(2)19-25(27(36)32-15-8-6-7-14-31)33-28(37)34-16-11-22(12-17-34)23-9-10-26-24(20-23)13-18-35(26)29(38)39-30(3,4)5/h9-11,13,18,20-21,25H,6-8,12,15-17,19H2,1-5H3,(H,32,36)(H,33,37). The van der Waals surface area contributed by atoms with Crippen molar-refractivity contribution in [2.24, 2.45) is 5.92 Å². The van der Waals surface area contributed by atoms with E-state index < -0.39 is 17.7 Å². The van der Waals surface area contributed by atoms with Gasteiger partial charge in [-0.1, -0.05) is 26.0 Å². The van der Waals surface area contributed by atoms with Gasteiger partial charge in [0.05, 0.1) is 11.6 Å². The van der Waals surface area contributed by atoms with E-state index in [-0.39, 0.29) is 17.9 Å². The highest BCUT2D eigenvalue weighted by Gasteiger charge is 2.26. The number of hydrogen-bond donors (Lipinski definition) is 2. The molecule has 0 saturated heterocycles. The summed E-state index contributed by atoms with van der Waals surface area (Å²) in [7, 11) is 0. The summed E-state index contributed by atoms with van der Waals surface area (Å²) in [5.41, 5.74) is 2.40. The van der Waals surface area contributed by atoms with Crippen LogP contribution in [0.2, 0.25) is 0 Å². The van der Waals surface area contributed by atoms with E-state index in [1.807, 2.05) is 58.9 Å². The van der Waals surface area contributed by atoms with Crippen LogP contribution in [0.1, 0.15) is 72.3 Å². The molecule has 210 valence electrons. The number of hydrogen-bond acceptors (Lipinski definition) is 5. The van der Waals surface area contributed by atoms with Gasteiger partial charge in [0.1, 0.15) is 11.6 Å². The van der Waals surface area contributed by atoms with Gasteiger partial charge in [-0.05, 0) is 81.7 Å². The summed E-state index contributed by atoms with van der Waals surface area (Å²) < 4.78 is 7.02. The number of nitrogens with zero attached hydrogens (tertiary/aromatic N) is 3. The van der Waals surface area contributed by atoms with E-state index in [9.17, 15) is 14.4 Å². The first-order chi connectivity index (χ1) is 18.5. The van der Waals surface area contributed by atoms with Crippen molar-refractivity contribution in [1.82, 2.24) is 20.1 Å². The molecule has 0 saturated carbocycles. The first-order valence-electron chi connectivity index (χ1n) is 13.7. The van der Waals surface area contributed by atoms with Crippen molar-refractivity contribution in [2.45, 2.75) is 78.4 Å². The number of rotatable bonds is 9. The van der Waals surface area contributed by atoms with Gasteiger partial charge in [0, 0.05) is 37.6 Å². The number of carbonyl (C=O) groups is 3. The number of amides is 3. The molecule has 2 aromatic rings. The van der Waals surface area contributed by atoms with Crippen LogP contribution in [-0.4, -0.2) is 58.8 Å². The summed E-state index contributed by atoms with van der Waals surface area (Å²) >= 11 is 0. The Morgan fingerprint density at radius 3 is 2.56 bits per heavy atom. The highest BCUT2D eigenvalue weighted by molar-refractivity contribution is 5.92. The Labute approximate surface area is 231 Å². The molecular weight excluding hydrogens is 494 g/mol. The number of ether oxygens (including phenoxy) is 1. The molecule has 1 unspecified atom stereocenters. The van der Waals surface area contributed by atoms with Gasteiger partial charge in [0.25, 0.3) is 0 Å². The quantitative estimate of drug-likeness (QED) is 0.414. The second-order valence-corrected chi connectivity index (χ2v) is 11.4. The molecule has 2 heterocycles. The van der Waals surface area contributed by atoms with Crippen molar-refractivity contribution in [2.75, 3.05) is 19.6 Å². The SMILES string of the molecule is CC(C)CC(NC(=O)N1CC=C(c2ccc3c(ccn3C(=O)OC(C)(C)C)c2)CC1)C(=O)NCCCCC#N. The third kappa shape index (κ3) is 8.60. The molecule has 1 aliphatic rings. The van der Waals surface area contributed by atoms with Crippen molar-refractivity contribution < 1.29 is 19.1 Å². The van der Waals surface area contributed by atoms with Crippen molar-refractivity contribution in [1.29, 1.82) is 5.26 Å². The van der Waals surface area contributed by atoms with Crippen LogP contribution in [0.25, 0.3) is 16.5 Å². The first kappa shape index (κ1) is 29.8. The van der Waals surface area contributed by atoms with Gasteiger partial charge in [-0.3, -0.25) is 9.36 Å². The molecule has 3 amide bonds. The maximum absolute atomic E-state index is 13.0. The van der Waals surface area contributed by atoms with Gasteiger partial charge in [-0.2, -0.15) is 5.26 Å². The van der Waals surface area contributed by atoms with Crippen molar-refractivity contribution in [3.63, 3.8) is 0 Å². The number of urea groups is 1. The van der Waals surface area contributed by atoms with E-state index >= 15 is 0 Å². The molecule has 2 N–H and O–H groups in total. The Kier molecular flexibility index (Phi) is 10.2. The Morgan fingerprint density at radius 1 is 1.15 bits per heavy atom. The van der Waals surface area contributed by atoms with Crippen LogP contribution in [0.4, 0.5) is 9.59 Å². The molecule has 1 aromatic carbocycles. The minimum absolute atomic E-state index is 0.186. The highest BCUT2D eigenvalue weighted by atomic mass is 16.6. The zero-order valence-corrected chi connectivity index (χ0v) is 23.8. The molecular formula is C30H41N5O4. The van der Waals surface area contributed by atoms with Gasteiger partial charge in [-0.15, -0.1) is 0 Å². The van der Waals surface area contributed by atoms with Gasteiger partial charge >= 0.3 is 12.1 Å². The predicted octanol–water partition coefficient (Wildman–Crippen LogP) is 5.45. The molecule has 9 nitrogen and oxygen atoms in total. The Morgan fingerprint density at radius 2 is 1.92 bits per heavy atom. The summed E-state index contributed by atoms with van der Waals surface area (Å²) in [6.45, 7) is 11.0. The van der Waals surface area contributed by atoms with Crippen LogP contribution in [-0.2, 0) is 9.53 Å². The van der Waals surface area contributed by atoms with Crippen LogP contribution in [0.15, 0.2) is 36.5 Å². The summed E-state index contributed by atoms with van der Waals surface area (Å²) in [5, 5.41) is 15.4. The fraction of sp³-hybridized carbons (Fsp3) is 0.533. The normalized spacial score (nSPS) is 14.5. The molecule has 0 bridgehead atoms. The zero-order chi connectivity index (χ0) is 28.6. The van der Waals surface area contributed by atoms with E-state index in [1.54, 1.807) is 11.1 Å². The van der Waals surface area contributed by atoms with Crippen LogP contribution in [0.5, 0.6) is 0 Å². The predicted molar refractivity (Wildman–Crippen MR) is 152 cm³/mol. The molecule has 1 aliphatic heterocycles. The summed E-state index contributed by atoms with van der Waals surface area (Å²) in [6, 6.07) is 9.11. The number of benzene rings is 1. The van der Waals surface area contributed by atoms with E-state index in [0.717, 1.165) is 34.9 Å². The van der Waals surface area contributed by atoms with Crippen LogP contribution in [0.3, 0.4) is 0 Å².